The molecular formula is C10H19NO2. The molecule has 3 heteroatoms. The van der Waals surface area contributed by atoms with Crippen molar-refractivity contribution in [1.82, 2.24) is 4.90 Å². The first kappa shape index (κ1) is 10.4. The molecule has 13 heavy (non-hydrogen) atoms. The molecule has 1 fully saturated rings. The van der Waals surface area contributed by atoms with Crippen LogP contribution in [-0.4, -0.2) is 30.7 Å². The Morgan fingerprint density at radius 3 is 2.62 bits per heavy atom. The molecular weight excluding hydrogens is 166 g/mol. The maximum atomic E-state index is 11.4. The lowest BCUT2D eigenvalue weighted by molar-refractivity contribution is 0.109. The van der Waals surface area contributed by atoms with Crippen molar-refractivity contribution in [1.29, 1.82) is 0 Å². The number of ether oxygens (including phenoxy) is 1. The molecule has 0 spiro atoms. The quantitative estimate of drug-likeness (QED) is 0.626. The van der Waals surface area contributed by atoms with E-state index < -0.39 is 0 Å². The number of nitrogens with zero attached hydrogens (tertiary/aromatic N) is 1. The van der Waals surface area contributed by atoms with Gasteiger partial charge in [-0.1, -0.05) is 20.8 Å². The van der Waals surface area contributed by atoms with E-state index in [9.17, 15) is 4.79 Å². The van der Waals surface area contributed by atoms with Gasteiger partial charge in [0, 0.05) is 12.6 Å². The van der Waals surface area contributed by atoms with E-state index in [1.807, 2.05) is 4.90 Å². The standard InChI is InChI=1S/C10H19NO2/c1-7(2)9-5-8(3)6-11(9)10(12)13-4/h7-9H,5-6H2,1-4H3. The molecule has 2 unspecified atom stereocenters. The summed E-state index contributed by atoms with van der Waals surface area (Å²) in [5, 5.41) is 0. The molecule has 1 rings (SSSR count). The molecule has 0 N–H and O–H groups in total. The molecule has 0 bridgehead atoms. The number of methoxy groups -OCH3 is 1. The lowest BCUT2D eigenvalue weighted by atomic mass is 9.99. The summed E-state index contributed by atoms with van der Waals surface area (Å²) < 4.78 is 4.75. The van der Waals surface area contributed by atoms with Gasteiger partial charge in [0.15, 0.2) is 0 Å². The maximum Gasteiger partial charge on any atom is 0.409 e. The first-order valence-corrected chi connectivity index (χ1v) is 4.90. The van der Waals surface area contributed by atoms with E-state index in [1.54, 1.807) is 0 Å². The molecule has 2 atom stereocenters. The van der Waals surface area contributed by atoms with Crippen molar-refractivity contribution >= 4 is 6.09 Å². The normalized spacial score (nSPS) is 28.2. The second-order valence-corrected chi connectivity index (χ2v) is 4.27. The second kappa shape index (κ2) is 3.99. The predicted molar refractivity (Wildman–Crippen MR) is 51.5 cm³/mol. The molecule has 1 heterocycles. The number of carbonyl (C=O) groups excluding carboxylic acids is 1. The molecule has 1 amide bonds. The Balaban J connectivity index is 2.66. The Labute approximate surface area is 80.1 Å². The Hall–Kier alpha value is -0.730. The van der Waals surface area contributed by atoms with Gasteiger partial charge in [-0.05, 0) is 18.3 Å². The minimum absolute atomic E-state index is 0.178. The fourth-order valence-electron chi connectivity index (χ4n) is 2.04. The highest BCUT2D eigenvalue weighted by atomic mass is 16.5. The summed E-state index contributed by atoms with van der Waals surface area (Å²) in [7, 11) is 1.45. The SMILES string of the molecule is COC(=O)N1CC(C)CC1C(C)C. The van der Waals surface area contributed by atoms with Crippen LogP contribution in [-0.2, 0) is 4.74 Å². The number of rotatable bonds is 1. The van der Waals surface area contributed by atoms with Gasteiger partial charge in [0.2, 0.25) is 0 Å². The largest absolute Gasteiger partial charge is 0.453 e. The van der Waals surface area contributed by atoms with Crippen molar-refractivity contribution in [2.45, 2.75) is 33.2 Å². The summed E-state index contributed by atoms with van der Waals surface area (Å²) >= 11 is 0. The third-order valence-corrected chi connectivity index (χ3v) is 2.73. The van der Waals surface area contributed by atoms with Crippen LogP contribution in [0.25, 0.3) is 0 Å². The minimum Gasteiger partial charge on any atom is -0.453 e. The zero-order chi connectivity index (χ0) is 10.0. The monoisotopic (exact) mass is 185 g/mol. The third kappa shape index (κ3) is 2.14. The third-order valence-electron chi connectivity index (χ3n) is 2.73. The molecule has 0 radical (unpaired) electrons. The van der Waals surface area contributed by atoms with Crippen molar-refractivity contribution in [3.05, 3.63) is 0 Å². The van der Waals surface area contributed by atoms with Crippen LogP contribution in [0.3, 0.4) is 0 Å². The topological polar surface area (TPSA) is 29.5 Å². The highest BCUT2D eigenvalue weighted by Crippen LogP contribution is 2.28. The van der Waals surface area contributed by atoms with Crippen molar-refractivity contribution in [3.63, 3.8) is 0 Å². The van der Waals surface area contributed by atoms with E-state index in [4.69, 9.17) is 4.74 Å². The fraction of sp³-hybridized carbons (Fsp3) is 0.900. The summed E-state index contributed by atoms with van der Waals surface area (Å²) in [6.07, 6.45) is 0.926. The first-order valence-electron chi connectivity index (χ1n) is 4.90. The Kier molecular flexibility index (Phi) is 3.17. The van der Waals surface area contributed by atoms with Crippen LogP contribution in [0.15, 0.2) is 0 Å². The smallest absolute Gasteiger partial charge is 0.409 e. The maximum absolute atomic E-state index is 11.4. The van der Waals surface area contributed by atoms with Crippen LogP contribution in [0.5, 0.6) is 0 Å². The predicted octanol–water partition coefficient (Wildman–Crippen LogP) is 2.12. The Bertz CT molecular complexity index is 191. The van der Waals surface area contributed by atoms with Crippen LogP contribution in [0, 0.1) is 11.8 Å². The van der Waals surface area contributed by atoms with Crippen molar-refractivity contribution in [2.24, 2.45) is 11.8 Å². The van der Waals surface area contributed by atoms with Crippen LogP contribution in [0.1, 0.15) is 27.2 Å². The molecule has 0 aromatic rings. The van der Waals surface area contributed by atoms with Gasteiger partial charge in [0.1, 0.15) is 0 Å². The van der Waals surface area contributed by atoms with Crippen LogP contribution >= 0.6 is 0 Å². The van der Waals surface area contributed by atoms with Crippen molar-refractivity contribution in [3.8, 4) is 0 Å². The summed E-state index contributed by atoms with van der Waals surface area (Å²) in [6.45, 7) is 7.32. The second-order valence-electron chi connectivity index (χ2n) is 4.27. The molecule has 0 aliphatic carbocycles. The summed E-state index contributed by atoms with van der Waals surface area (Å²) in [5.41, 5.74) is 0. The van der Waals surface area contributed by atoms with Crippen LogP contribution in [0.2, 0.25) is 0 Å². The molecule has 0 saturated carbocycles. The zero-order valence-electron chi connectivity index (χ0n) is 8.91. The van der Waals surface area contributed by atoms with Crippen LogP contribution < -0.4 is 0 Å². The molecule has 76 valence electrons. The van der Waals surface area contributed by atoms with Gasteiger partial charge in [-0.25, -0.2) is 4.79 Å². The lowest BCUT2D eigenvalue weighted by Gasteiger charge is -2.25. The minimum atomic E-state index is -0.178. The average Bonchev–Trinajstić information content (AvgIpc) is 2.46. The van der Waals surface area contributed by atoms with Gasteiger partial charge in [-0.3, -0.25) is 0 Å². The molecule has 0 aromatic carbocycles. The Morgan fingerprint density at radius 1 is 1.54 bits per heavy atom. The van der Waals surface area contributed by atoms with E-state index in [-0.39, 0.29) is 6.09 Å². The van der Waals surface area contributed by atoms with Crippen molar-refractivity contribution < 1.29 is 9.53 Å². The number of carbonyl (C=O) groups is 1. The Morgan fingerprint density at radius 2 is 2.15 bits per heavy atom. The summed E-state index contributed by atoms with van der Waals surface area (Å²) in [6, 6.07) is 0.363. The number of likely N-dealkylation sites (tertiary alicyclic amines) is 1. The lowest BCUT2D eigenvalue weighted by Crippen LogP contribution is -2.38. The van der Waals surface area contributed by atoms with E-state index in [0.29, 0.717) is 17.9 Å². The van der Waals surface area contributed by atoms with Gasteiger partial charge >= 0.3 is 6.09 Å². The molecule has 0 aromatic heterocycles. The average molecular weight is 185 g/mol. The van der Waals surface area contributed by atoms with Gasteiger partial charge in [-0.2, -0.15) is 0 Å². The molecule has 3 nitrogen and oxygen atoms in total. The molecule has 1 aliphatic rings. The van der Waals surface area contributed by atoms with Crippen molar-refractivity contribution in [2.75, 3.05) is 13.7 Å². The van der Waals surface area contributed by atoms with E-state index in [2.05, 4.69) is 20.8 Å². The van der Waals surface area contributed by atoms with E-state index >= 15 is 0 Å². The van der Waals surface area contributed by atoms with E-state index in [1.165, 1.54) is 7.11 Å². The van der Waals surface area contributed by atoms with Crippen LogP contribution in [0.4, 0.5) is 4.79 Å². The number of hydrogen-bond acceptors (Lipinski definition) is 2. The highest BCUT2D eigenvalue weighted by molar-refractivity contribution is 5.68. The molecule has 1 aliphatic heterocycles. The zero-order valence-corrected chi connectivity index (χ0v) is 8.91. The number of hydrogen-bond donors (Lipinski definition) is 0. The first-order chi connectivity index (χ1) is 6.06. The van der Waals surface area contributed by atoms with Gasteiger partial charge < -0.3 is 9.64 Å². The fourth-order valence-corrected chi connectivity index (χ4v) is 2.04. The highest BCUT2D eigenvalue weighted by Gasteiger charge is 2.35. The molecule has 1 saturated heterocycles. The van der Waals surface area contributed by atoms with Gasteiger partial charge in [-0.15, -0.1) is 0 Å². The van der Waals surface area contributed by atoms with E-state index in [0.717, 1.165) is 13.0 Å². The summed E-state index contributed by atoms with van der Waals surface area (Å²) in [5.74, 6) is 1.12. The van der Waals surface area contributed by atoms with Gasteiger partial charge in [0.05, 0.1) is 7.11 Å². The van der Waals surface area contributed by atoms with Gasteiger partial charge in [0.25, 0.3) is 0 Å². The number of amides is 1. The summed E-state index contributed by atoms with van der Waals surface area (Å²) in [4.78, 5) is 13.2.